The molecule has 0 bridgehead atoms. The number of H-pyrrole nitrogens is 1. The summed E-state index contributed by atoms with van der Waals surface area (Å²) in [7, 11) is -3.65. The Bertz CT molecular complexity index is 791. The fraction of sp³-hybridized carbons (Fsp3) is 0.333. The van der Waals surface area contributed by atoms with E-state index in [9.17, 15) is 13.2 Å². The van der Waals surface area contributed by atoms with Crippen molar-refractivity contribution in [3.05, 3.63) is 48.0 Å². The number of aromatic nitrogens is 2. The summed E-state index contributed by atoms with van der Waals surface area (Å²) in [4.78, 5) is 19.0. The van der Waals surface area contributed by atoms with Crippen molar-refractivity contribution in [3.63, 3.8) is 0 Å². The maximum atomic E-state index is 12.2. The van der Waals surface area contributed by atoms with Gasteiger partial charge in [-0.3, -0.25) is 4.79 Å². The molecule has 144 valence electrons. The smallest absolute Gasteiger partial charge is 0.251 e. The Morgan fingerprint density at radius 3 is 2.54 bits per heavy atom. The summed E-state index contributed by atoms with van der Waals surface area (Å²) in [6.45, 7) is 1.73. The maximum absolute atomic E-state index is 12.2. The molecule has 0 saturated carbocycles. The average molecular weight is 422 g/mol. The predicted octanol–water partition coefficient (Wildman–Crippen LogP) is 0.823. The number of sulfonamides is 1. The van der Waals surface area contributed by atoms with Gasteiger partial charge in [0.1, 0.15) is 5.82 Å². The Morgan fingerprint density at radius 2 is 1.96 bits per heavy atom. The van der Waals surface area contributed by atoms with Gasteiger partial charge >= 0.3 is 0 Å². The molecule has 0 radical (unpaired) electrons. The molecule has 1 aliphatic rings. The molecule has 0 unspecified atom stereocenters. The SMILES string of the molecule is Cl.Cl.O=C(N[C@H]1CCNC1)c1ccc(S(=O)(=O)NCc2ncc[nH]2)cc1. The molecular weight excluding hydrogens is 401 g/mol. The summed E-state index contributed by atoms with van der Waals surface area (Å²) < 4.78 is 26.9. The van der Waals surface area contributed by atoms with Crippen molar-refractivity contribution in [1.82, 2.24) is 25.3 Å². The highest BCUT2D eigenvalue weighted by Crippen LogP contribution is 2.11. The van der Waals surface area contributed by atoms with Gasteiger partial charge in [-0.1, -0.05) is 0 Å². The molecule has 1 aliphatic heterocycles. The van der Waals surface area contributed by atoms with Crippen molar-refractivity contribution in [2.45, 2.75) is 23.9 Å². The van der Waals surface area contributed by atoms with E-state index >= 15 is 0 Å². The van der Waals surface area contributed by atoms with Gasteiger partial charge in [0.05, 0.1) is 11.4 Å². The lowest BCUT2D eigenvalue weighted by molar-refractivity contribution is 0.0940. The van der Waals surface area contributed by atoms with E-state index in [4.69, 9.17) is 0 Å². The minimum atomic E-state index is -3.65. The highest BCUT2D eigenvalue weighted by molar-refractivity contribution is 7.89. The second-order valence-electron chi connectivity index (χ2n) is 5.55. The van der Waals surface area contributed by atoms with E-state index in [1.54, 1.807) is 12.4 Å². The molecule has 2 aromatic rings. The monoisotopic (exact) mass is 421 g/mol. The van der Waals surface area contributed by atoms with Crippen LogP contribution in [0.25, 0.3) is 0 Å². The number of amides is 1. The number of hydrogen-bond acceptors (Lipinski definition) is 5. The molecular formula is C15H21Cl2N5O3S. The summed E-state index contributed by atoms with van der Waals surface area (Å²) in [6.07, 6.45) is 4.07. The lowest BCUT2D eigenvalue weighted by atomic mass is 10.2. The van der Waals surface area contributed by atoms with Gasteiger partial charge < -0.3 is 15.6 Å². The zero-order valence-electron chi connectivity index (χ0n) is 13.8. The van der Waals surface area contributed by atoms with E-state index in [-0.39, 0.29) is 48.2 Å². The first-order valence-corrected chi connectivity index (χ1v) is 9.12. The number of rotatable bonds is 6. The van der Waals surface area contributed by atoms with Crippen LogP contribution in [0.3, 0.4) is 0 Å². The molecule has 1 fully saturated rings. The van der Waals surface area contributed by atoms with Crippen LogP contribution in [0.1, 0.15) is 22.6 Å². The van der Waals surface area contributed by atoms with E-state index in [1.165, 1.54) is 24.3 Å². The highest BCUT2D eigenvalue weighted by atomic mass is 35.5. The van der Waals surface area contributed by atoms with Gasteiger partial charge in [0.2, 0.25) is 10.0 Å². The van der Waals surface area contributed by atoms with Gasteiger partial charge in [-0.25, -0.2) is 18.1 Å². The first-order chi connectivity index (χ1) is 11.5. The van der Waals surface area contributed by atoms with Crippen molar-refractivity contribution in [3.8, 4) is 0 Å². The summed E-state index contributed by atoms with van der Waals surface area (Å²) in [5.41, 5.74) is 0.437. The second kappa shape index (κ2) is 9.89. The van der Waals surface area contributed by atoms with Crippen LogP contribution in [0.4, 0.5) is 0 Å². The second-order valence-corrected chi connectivity index (χ2v) is 7.31. The topological polar surface area (TPSA) is 116 Å². The van der Waals surface area contributed by atoms with E-state index in [1.807, 2.05) is 0 Å². The number of carbonyl (C=O) groups is 1. The Balaban J connectivity index is 0.00000169. The molecule has 0 aliphatic carbocycles. The summed E-state index contributed by atoms with van der Waals surface area (Å²) >= 11 is 0. The van der Waals surface area contributed by atoms with Crippen LogP contribution in [0, 0.1) is 0 Å². The molecule has 1 aromatic carbocycles. The summed E-state index contributed by atoms with van der Waals surface area (Å²) in [5, 5.41) is 6.09. The molecule has 8 nitrogen and oxygen atoms in total. The molecule has 11 heteroatoms. The third-order valence-electron chi connectivity index (χ3n) is 3.81. The molecule has 1 saturated heterocycles. The molecule has 26 heavy (non-hydrogen) atoms. The molecule has 1 atom stereocenters. The number of halogens is 2. The zero-order valence-corrected chi connectivity index (χ0v) is 16.2. The van der Waals surface area contributed by atoms with Crippen molar-refractivity contribution < 1.29 is 13.2 Å². The van der Waals surface area contributed by atoms with E-state index in [2.05, 4.69) is 25.3 Å². The van der Waals surface area contributed by atoms with Crippen molar-refractivity contribution in [1.29, 1.82) is 0 Å². The van der Waals surface area contributed by atoms with Crippen LogP contribution in [0.2, 0.25) is 0 Å². The predicted molar refractivity (Wildman–Crippen MR) is 102 cm³/mol. The van der Waals surface area contributed by atoms with Crippen LogP contribution >= 0.6 is 24.8 Å². The average Bonchev–Trinajstić information content (AvgIpc) is 3.27. The van der Waals surface area contributed by atoms with Crippen LogP contribution in [-0.2, 0) is 16.6 Å². The van der Waals surface area contributed by atoms with Crippen molar-refractivity contribution in [2.24, 2.45) is 0 Å². The van der Waals surface area contributed by atoms with Gasteiger partial charge in [-0.2, -0.15) is 0 Å². The molecule has 1 amide bonds. The number of nitrogens with zero attached hydrogens (tertiary/aromatic N) is 1. The van der Waals surface area contributed by atoms with Crippen molar-refractivity contribution >= 4 is 40.7 Å². The highest BCUT2D eigenvalue weighted by Gasteiger charge is 2.19. The molecule has 3 rings (SSSR count). The number of nitrogens with one attached hydrogen (secondary N) is 4. The number of benzene rings is 1. The third kappa shape index (κ3) is 5.68. The summed E-state index contributed by atoms with van der Waals surface area (Å²) in [5.74, 6) is 0.330. The molecule has 1 aromatic heterocycles. The lowest BCUT2D eigenvalue weighted by Crippen LogP contribution is -2.36. The molecule has 0 spiro atoms. The largest absolute Gasteiger partial charge is 0.348 e. The first kappa shape index (κ1) is 22.4. The van der Waals surface area contributed by atoms with Gasteiger partial charge in [0.15, 0.2) is 0 Å². The Morgan fingerprint density at radius 1 is 1.23 bits per heavy atom. The summed E-state index contributed by atoms with van der Waals surface area (Å²) in [6, 6.07) is 5.99. The third-order valence-corrected chi connectivity index (χ3v) is 5.22. The quantitative estimate of drug-likeness (QED) is 0.550. The Hall–Kier alpha value is -1.65. The van der Waals surface area contributed by atoms with E-state index in [0.717, 1.165) is 19.5 Å². The van der Waals surface area contributed by atoms with Crippen LogP contribution in [-0.4, -0.2) is 43.4 Å². The van der Waals surface area contributed by atoms with Gasteiger partial charge in [0.25, 0.3) is 5.91 Å². The van der Waals surface area contributed by atoms with Gasteiger partial charge in [-0.15, -0.1) is 24.8 Å². The maximum Gasteiger partial charge on any atom is 0.251 e. The Labute approximate surface area is 164 Å². The minimum Gasteiger partial charge on any atom is -0.348 e. The lowest BCUT2D eigenvalue weighted by Gasteiger charge is -2.11. The van der Waals surface area contributed by atoms with Crippen molar-refractivity contribution in [2.75, 3.05) is 13.1 Å². The first-order valence-electron chi connectivity index (χ1n) is 7.64. The number of hydrogen-bond donors (Lipinski definition) is 4. The van der Waals surface area contributed by atoms with E-state index in [0.29, 0.717) is 11.4 Å². The number of carbonyl (C=O) groups excluding carboxylic acids is 1. The van der Waals surface area contributed by atoms with Crippen LogP contribution in [0.5, 0.6) is 0 Å². The van der Waals surface area contributed by atoms with Gasteiger partial charge in [0, 0.05) is 30.5 Å². The standard InChI is InChI=1S/C15H19N5O3S.2ClH/c21-15(20-12-5-6-16-9-12)11-1-3-13(4-2-11)24(22,23)19-10-14-17-7-8-18-14;;/h1-4,7-8,12,16,19H,5-6,9-10H2,(H,17,18)(H,20,21);2*1H/t12-;;/m0../s1. The van der Waals surface area contributed by atoms with Gasteiger partial charge in [-0.05, 0) is 37.2 Å². The Kier molecular flexibility index (Phi) is 8.51. The van der Waals surface area contributed by atoms with Crippen LogP contribution in [0.15, 0.2) is 41.6 Å². The fourth-order valence-corrected chi connectivity index (χ4v) is 3.46. The fourth-order valence-electron chi connectivity index (χ4n) is 2.47. The van der Waals surface area contributed by atoms with Crippen LogP contribution < -0.4 is 15.4 Å². The normalized spacial score (nSPS) is 16.4. The van der Waals surface area contributed by atoms with E-state index < -0.39 is 10.0 Å². The minimum absolute atomic E-state index is 0. The zero-order chi connectivity index (χ0) is 17.0. The molecule has 2 heterocycles. The number of aromatic amines is 1. The molecule has 4 N–H and O–H groups in total. The number of imidazole rings is 1.